The van der Waals surface area contributed by atoms with Crippen molar-refractivity contribution in [3.05, 3.63) is 35.4 Å². The first-order valence-electron chi connectivity index (χ1n) is 5.59. The number of nitrogens with zero attached hydrogens (tertiary/aromatic N) is 2. The van der Waals surface area contributed by atoms with E-state index >= 15 is 0 Å². The highest BCUT2D eigenvalue weighted by Gasteiger charge is 2.00. The number of benzene rings is 1. The number of hydrogen-bond acceptors (Lipinski definition) is 3. The molecule has 1 aromatic rings. The van der Waals surface area contributed by atoms with Gasteiger partial charge in [0.25, 0.3) is 0 Å². The van der Waals surface area contributed by atoms with Crippen molar-refractivity contribution in [1.29, 1.82) is 5.26 Å². The number of nitriles is 1. The molecule has 0 aliphatic rings. The average Bonchev–Trinajstić information content (AvgIpc) is 2.34. The van der Waals surface area contributed by atoms with E-state index in [1.54, 1.807) is 0 Å². The largest absolute Gasteiger partial charge is 0.320 e. The first kappa shape index (κ1) is 13.3. The van der Waals surface area contributed by atoms with Gasteiger partial charge in [-0.3, -0.25) is 0 Å². The van der Waals surface area contributed by atoms with Crippen molar-refractivity contribution in [3.8, 4) is 17.9 Å². The van der Waals surface area contributed by atoms with Gasteiger partial charge in [0, 0.05) is 25.1 Å². The highest BCUT2D eigenvalue weighted by atomic mass is 15.1. The summed E-state index contributed by atoms with van der Waals surface area (Å²) in [6.07, 6.45) is 0.559. The van der Waals surface area contributed by atoms with Gasteiger partial charge in [-0.05, 0) is 24.7 Å². The molecule has 3 nitrogen and oxygen atoms in total. The van der Waals surface area contributed by atoms with Crippen molar-refractivity contribution in [2.75, 3.05) is 20.1 Å². The summed E-state index contributed by atoms with van der Waals surface area (Å²) < 4.78 is 0. The zero-order valence-electron chi connectivity index (χ0n) is 10.1. The fraction of sp³-hybridized carbons (Fsp3) is 0.357. The van der Waals surface area contributed by atoms with Crippen LogP contribution in [0.2, 0.25) is 0 Å². The maximum Gasteiger partial charge on any atom is 0.0635 e. The Labute approximate surface area is 103 Å². The van der Waals surface area contributed by atoms with Gasteiger partial charge < -0.3 is 10.6 Å². The molecule has 0 atom stereocenters. The van der Waals surface area contributed by atoms with Crippen LogP contribution in [0.25, 0.3) is 0 Å². The Morgan fingerprint density at radius 3 is 2.94 bits per heavy atom. The summed E-state index contributed by atoms with van der Waals surface area (Å²) in [4.78, 5) is 2.12. The molecule has 0 heterocycles. The van der Waals surface area contributed by atoms with Crippen LogP contribution >= 0.6 is 0 Å². The van der Waals surface area contributed by atoms with Gasteiger partial charge in [0.15, 0.2) is 0 Å². The fourth-order valence-corrected chi connectivity index (χ4v) is 1.53. The lowest BCUT2D eigenvalue weighted by molar-refractivity contribution is 0.335. The molecule has 88 valence electrons. The molecule has 0 saturated heterocycles. The topological polar surface area (TPSA) is 53.0 Å². The van der Waals surface area contributed by atoms with Gasteiger partial charge in [0.1, 0.15) is 0 Å². The van der Waals surface area contributed by atoms with E-state index in [9.17, 15) is 0 Å². The summed E-state index contributed by atoms with van der Waals surface area (Å²) in [6, 6.07) is 10.2. The molecule has 0 spiro atoms. The molecule has 0 aliphatic carbocycles. The van der Waals surface area contributed by atoms with E-state index in [1.807, 2.05) is 19.2 Å². The quantitative estimate of drug-likeness (QED) is 0.790. The van der Waals surface area contributed by atoms with Gasteiger partial charge in [-0.25, -0.2) is 0 Å². The van der Waals surface area contributed by atoms with Crippen LogP contribution in [0.15, 0.2) is 24.3 Å². The second kappa shape index (κ2) is 7.46. The SMILES string of the molecule is CN(CCC#N)Cc1cccc(C#CCN)c1. The van der Waals surface area contributed by atoms with Crippen LogP contribution in [0.1, 0.15) is 17.5 Å². The Kier molecular flexibility index (Phi) is 5.82. The highest BCUT2D eigenvalue weighted by molar-refractivity contribution is 5.37. The molecule has 0 amide bonds. The maximum atomic E-state index is 8.52. The summed E-state index contributed by atoms with van der Waals surface area (Å²) in [7, 11) is 2.01. The molecule has 0 aromatic heterocycles. The van der Waals surface area contributed by atoms with Crippen molar-refractivity contribution in [3.63, 3.8) is 0 Å². The van der Waals surface area contributed by atoms with E-state index in [0.29, 0.717) is 13.0 Å². The van der Waals surface area contributed by atoms with Gasteiger partial charge >= 0.3 is 0 Å². The Balaban J connectivity index is 2.62. The molecule has 1 aromatic carbocycles. The summed E-state index contributed by atoms with van der Waals surface area (Å²) in [5.74, 6) is 5.86. The van der Waals surface area contributed by atoms with Crippen molar-refractivity contribution in [1.82, 2.24) is 4.90 Å². The van der Waals surface area contributed by atoms with Crippen LogP contribution < -0.4 is 5.73 Å². The predicted octanol–water partition coefficient (Wildman–Crippen LogP) is 1.34. The van der Waals surface area contributed by atoms with Gasteiger partial charge in [-0.2, -0.15) is 5.26 Å². The second-order valence-electron chi connectivity index (χ2n) is 3.85. The van der Waals surface area contributed by atoms with Gasteiger partial charge in [-0.1, -0.05) is 24.0 Å². The molecule has 0 fully saturated rings. The smallest absolute Gasteiger partial charge is 0.0635 e. The second-order valence-corrected chi connectivity index (χ2v) is 3.85. The molecule has 1 rings (SSSR count). The minimum atomic E-state index is 0.381. The van der Waals surface area contributed by atoms with Gasteiger partial charge in [-0.15, -0.1) is 0 Å². The molecule has 2 N–H and O–H groups in total. The third-order valence-corrected chi connectivity index (χ3v) is 2.32. The van der Waals surface area contributed by atoms with Crippen LogP contribution in [-0.4, -0.2) is 25.0 Å². The number of nitrogens with two attached hydrogens (primary N) is 1. The Morgan fingerprint density at radius 1 is 1.41 bits per heavy atom. The molecule has 0 saturated carbocycles. The normalized spacial score (nSPS) is 9.53. The third kappa shape index (κ3) is 5.17. The lowest BCUT2D eigenvalue weighted by Gasteiger charge is -2.14. The Hall–Kier alpha value is -1.81. The minimum absolute atomic E-state index is 0.381. The zero-order valence-corrected chi connectivity index (χ0v) is 10.1. The number of rotatable bonds is 4. The summed E-state index contributed by atoms with van der Waals surface area (Å²) >= 11 is 0. The fourth-order valence-electron chi connectivity index (χ4n) is 1.53. The molecular weight excluding hydrogens is 210 g/mol. The van der Waals surface area contributed by atoms with Gasteiger partial charge in [0.2, 0.25) is 0 Å². The monoisotopic (exact) mass is 227 g/mol. The van der Waals surface area contributed by atoms with Crippen molar-refractivity contribution < 1.29 is 0 Å². The molecule has 0 unspecified atom stereocenters. The van der Waals surface area contributed by atoms with E-state index < -0.39 is 0 Å². The molecule has 17 heavy (non-hydrogen) atoms. The molecular formula is C14H17N3. The van der Waals surface area contributed by atoms with Gasteiger partial charge in [0.05, 0.1) is 12.6 Å². The maximum absolute atomic E-state index is 8.52. The van der Waals surface area contributed by atoms with Crippen LogP contribution in [0, 0.1) is 23.2 Å². The minimum Gasteiger partial charge on any atom is -0.320 e. The van der Waals surface area contributed by atoms with Crippen LogP contribution in [0.3, 0.4) is 0 Å². The van der Waals surface area contributed by atoms with E-state index in [2.05, 4.69) is 34.9 Å². The molecule has 0 bridgehead atoms. The molecule has 0 aliphatic heterocycles. The molecule has 3 heteroatoms. The van der Waals surface area contributed by atoms with Crippen molar-refractivity contribution >= 4 is 0 Å². The van der Waals surface area contributed by atoms with Crippen LogP contribution in [0.5, 0.6) is 0 Å². The predicted molar refractivity (Wildman–Crippen MR) is 68.9 cm³/mol. The third-order valence-electron chi connectivity index (χ3n) is 2.32. The summed E-state index contributed by atoms with van der Waals surface area (Å²) in [5.41, 5.74) is 7.53. The van der Waals surface area contributed by atoms with E-state index in [4.69, 9.17) is 11.0 Å². The highest BCUT2D eigenvalue weighted by Crippen LogP contribution is 2.07. The Morgan fingerprint density at radius 2 is 2.24 bits per heavy atom. The van der Waals surface area contributed by atoms with Crippen LogP contribution in [-0.2, 0) is 6.54 Å². The number of hydrogen-bond donors (Lipinski definition) is 1. The van der Waals surface area contributed by atoms with Crippen LogP contribution in [0.4, 0.5) is 0 Å². The lowest BCUT2D eigenvalue weighted by atomic mass is 10.1. The first-order chi connectivity index (χ1) is 8.26. The Bertz CT molecular complexity index is 449. The van der Waals surface area contributed by atoms with Crippen molar-refractivity contribution in [2.45, 2.75) is 13.0 Å². The summed E-state index contributed by atoms with van der Waals surface area (Å²) in [5, 5.41) is 8.52. The standard InChI is InChI=1S/C14H17N3/c1-17(10-4-9-16)12-14-6-2-5-13(11-14)7-3-8-15/h2,5-6,11H,4,8,10,12,15H2,1H3. The average molecular weight is 227 g/mol. The van der Waals surface area contributed by atoms with E-state index in [0.717, 1.165) is 18.7 Å². The lowest BCUT2D eigenvalue weighted by Crippen LogP contribution is -2.18. The zero-order chi connectivity index (χ0) is 12.5. The van der Waals surface area contributed by atoms with Crippen molar-refractivity contribution in [2.24, 2.45) is 5.73 Å². The van der Waals surface area contributed by atoms with E-state index in [-0.39, 0.29) is 0 Å². The first-order valence-corrected chi connectivity index (χ1v) is 5.59. The van der Waals surface area contributed by atoms with E-state index in [1.165, 1.54) is 5.56 Å². The molecule has 0 radical (unpaired) electrons. The summed E-state index contributed by atoms with van der Waals surface area (Å²) in [6.45, 7) is 2.00.